The molecule has 1 amide bonds. The van der Waals surface area contributed by atoms with Crippen molar-refractivity contribution in [1.29, 1.82) is 0 Å². The quantitative estimate of drug-likeness (QED) is 0.261. The highest BCUT2D eigenvalue weighted by atomic mass is 32.2. The number of amides is 1. The fourth-order valence-electron chi connectivity index (χ4n) is 3.00. The van der Waals surface area contributed by atoms with E-state index in [9.17, 15) is 13.2 Å². The SMILES string of the molecule is O=C(N/N=C/c1ccccc1OCc1ccccc1)c1csc(CS(=O)(=O)Cc2ccco2)n1. The highest BCUT2D eigenvalue weighted by molar-refractivity contribution is 7.89. The number of thiazole rings is 1. The van der Waals surface area contributed by atoms with Gasteiger partial charge in [0.15, 0.2) is 9.84 Å². The van der Waals surface area contributed by atoms with Gasteiger partial charge in [-0.15, -0.1) is 11.3 Å². The first kappa shape index (κ1) is 23.4. The second-order valence-electron chi connectivity index (χ2n) is 7.25. The number of aromatic nitrogens is 1. The molecule has 1 N–H and O–H groups in total. The van der Waals surface area contributed by atoms with Crippen LogP contribution in [0.2, 0.25) is 0 Å². The molecule has 8 nitrogen and oxygen atoms in total. The summed E-state index contributed by atoms with van der Waals surface area (Å²) in [4.78, 5) is 16.5. The van der Waals surface area contributed by atoms with Gasteiger partial charge in [-0.25, -0.2) is 18.8 Å². The summed E-state index contributed by atoms with van der Waals surface area (Å²) in [5.41, 5.74) is 4.24. The molecule has 2 aromatic heterocycles. The predicted molar refractivity (Wildman–Crippen MR) is 129 cm³/mol. The van der Waals surface area contributed by atoms with E-state index in [1.807, 2.05) is 54.6 Å². The van der Waals surface area contributed by atoms with E-state index in [1.54, 1.807) is 12.1 Å². The van der Waals surface area contributed by atoms with Crippen molar-refractivity contribution in [2.75, 3.05) is 0 Å². The van der Waals surface area contributed by atoms with Crippen LogP contribution in [0.15, 0.2) is 87.9 Å². The van der Waals surface area contributed by atoms with Crippen molar-refractivity contribution in [2.45, 2.75) is 18.1 Å². The van der Waals surface area contributed by atoms with E-state index in [0.717, 1.165) is 16.9 Å². The lowest BCUT2D eigenvalue weighted by molar-refractivity contribution is 0.0950. The van der Waals surface area contributed by atoms with Gasteiger partial charge in [-0.3, -0.25) is 4.79 Å². The average Bonchev–Trinajstić information content (AvgIpc) is 3.50. The summed E-state index contributed by atoms with van der Waals surface area (Å²) in [6.07, 6.45) is 2.91. The highest BCUT2D eigenvalue weighted by Gasteiger charge is 2.19. The van der Waals surface area contributed by atoms with Crippen LogP contribution in [0.25, 0.3) is 0 Å². The zero-order valence-electron chi connectivity index (χ0n) is 18.0. The van der Waals surface area contributed by atoms with Gasteiger partial charge in [0.25, 0.3) is 5.91 Å². The number of nitrogens with one attached hydrogen (secondary N) is 1. The lowest BCUT2D eigenvalue weighted by atomic mass is 10.2. The van der Waals surface area contributed by atoms with Crippen LogP contribution in [-0.4, -0.2) is 25.5 Å². The Kier molecular flexibility index (Phi) is 7.51. The van der Waals surface area contributed by atoms with E-state index in [1.165, 1.54) is 17.9 Å². The van der Waals surface area contributed by atoms with Crippen LogP contribution in [0.1, 0.15) is 32.4 Å². The number of benzene rings is 2. The van der Waals surface area contributed by atoms with E-state index in [2.05, 4.69) is 15.5 Å². The van der Waals surface area contributed by atoms with Crippen molar-refractivity contribution >= 4 is 33.3 Å². The van der Waals surface area contributed by atoms with E-state index in [-0.39, 0.29) is 17.2 Å². The minimum Gasteiger partial charge on any atom is -0.488 e. The fraction of sp³-hybridized carbons (Fsp3) is 0.125. The molecule has 0 aliphatic rings. The van der Waals surface area contributed by atoms with Gasteiger partial charge in [-0.1, -0.05) is 42.5 Å². The van der Waals surface area contributed by atoms with E-state index in [4.69, 9.17) is 9.15 Å². The number of furan rings is 1. The molecule has 4 aromatic rings. The Hall–Kier alpha value is -3.76. The summed E-state index contributed by atoms with van der Waals surface area (Å²) in [5.74, 6) is -0.0538. The molecule has 10 heteroatoms. The molecule has 34 heavy (non-hydrogen) atoms. The van der Waals surface area contributed by atoms with Gasteiger partial charge >= 0.3 is 0 Å². The van der Waals surface area contributed by atoms with Crippen molar-refractivity contribution in [2.24, 2.45) is 5.10 Å². The van der Waals surface area contributed by atoms with Crippen molar-refractivity contribution in [3.63, 3.8) is 0 Å². The van der Waals surface area contributed by atoms with Crippen LogP contribution < -0.4 is 10.2 Å². The molecule has 0 radical (unpaired) electrons. The molecule has 0 atom stereocenters. The van der Waals surface area contributed by atoms with Gasteiger partial charge < -0.3 is 9.15 Å². The summed E-state index contributed by atoms with van der Waals surface area (Å²) in [6, 6.07) is 20.3. The van der Waals surface area contributed by atoms with Gasteiger partial charge in [0.1, 0.15) is 40.3 Å². The van der Waals surface area contributed by atoms with E-state index in [0.29, 0.717) is 28.7 Å². The number of hydrogen-bond donors (Lipinski definition) is 1. The Morgan fingerprint density at radius 2 is 1.85 bits per heavy atom. The number of ether oxygens (including phenoxy) is 1. The molecule has 0 unspecified atom stereocenters. The number of carbonyl (C=O) groups is 1. The maximum absolute atomic E-state index is 12.4. The number of para-hydroxylation sites is 1. The molecule has 2 heterocycles. The number of hydrogen-bond acceptors (Lipinski definition) is 8. The highest BCUT2D eigenvalue weighted by Crippen LogP contribution is 2.18. The van der Waals surface area contributed by atoms with Crippen LogP contribution in [-0.2, 0) is 27.9 Å². The number of carbonyl (C=O) groups excluding carboxylic acids is 1. The second-order valence-corrected chi connectivity index (χ2v) is 10.3. The summed E-state index contributed by atoms with van der Waals surface area (Å²) in [5, 5.41) is 5.82. The second kappa shape index (κ2) is 10.9. The zero-order chi connectivity index (χ0) is 23.8. The summed E-state index contributed by atoms with van der Waals surface area (Å²) < 4.78 is 35.6. The fourth-order valence-corrected chi connectivity index (χ4v) is 5.51. The molecule has 0 bridgehead atoms. The first-order valence-corrected chi connectivity index (χ1v) is 12.9. The molecule has 0 aliphatic heterocycles. The van der Waals surface area contributed by atoms with Crippen LogP contribution in [0, 0.1) is 0 Å². The predicted octanol–water partition coefficient (Wildman–Crippen LogP) is 4.19. The van der Waals surface area contributed by atoms with Crippen molar-refractivity contribution in [3.8, 4) is 5.75 Å². The zero-order valence-corrected chi connectivity index (χ0v) is 19.6. The van der Waals surface area contributed by atoms with Crippen molar-refractivity contribution in [3.05, 3.63) is 106 Å². The molecule has 0 fully saturated rings. The molecule has 0 saturated heterocycles. The average molecular weight is 496 g/mol. The standard InChI is InChI=1S/C24H21N3O5S2/c28-24(21-15-33-23(26-21)17-34(29,30)16-20-10-6-12-31-20)27-25-13-19-9-4-5-11-22(19)32-14-18-7-2-1-3-8-18/h1-13,15H,14,16-17H2,(H,27,28)/b25-13+. The Morgan fingerprint density at radius 1 is 1.06 bits per heavy atom. The maximum atomic E-state index is 12.4. The normalized spacial score (nSPS) is 11.5. The first-order valence-electron chi connectivity index (χ1n) is 10.2. The maximum Gasteiger partial charge on any atom is 0.290 e. The summed E-state index contributed by atoms with van der Waals surface area (Å²) >= 11 is 1.10. The molecule has 4 rings (SSSR count). The van der Waals surface area contributed by atoms with Crippen molar-refractivity contribution in [1.82, 2.24) is 10.4 Å². The Labute approximate surface area is 200 Å². The van der Waals surface area contributed by atoms with Gasteiger partial charge in [0.05, 0.1) is 12.5 Å². The first-order chi connectivity index (χ1) is 16.5. The van der Waals surface area contributed by atoms with Gasteiger partial charge in [-0.05, 0) is 29.8 Å². The van der Waals surface area contributed by atoms with E-state index >= 15 is 0 Å². The summed E-state index contributed by atoms with van der Waals surface area (Å²) in [6.45, 7) is 0.405. The minimum atomic E-state index is -3.47. The Bertz CT molecular complexity index is 1360. The van der Waals surface area contributed by atoms with Crippen LogP contribution in [0.5, 0.6) is 5.75 Å². The number of sulfone groups is 1. The largest absolute Gasteiger partial charge is 0.488 e. The van der Waals surface area contributed by atoms with Crippen LogP contribution in [0.3, 0.4) is 0 Å². The smallest absolute Gasteiger partial charge is 0.290 e. The minimum absolute atomic E-state index is 0.0963. The lowest BCUT2D eigenvalue weighted by Gasteiger charge is -2.08. The third-order valence-electron chi connectivity index (χ3n) is 4.60. The topological polar surface area (TPSA) is 111 Å². The monoisotopic (exact) mass is 495 g/mol. The third kappa shape index (κ3) is 6.63. The number of rotatable bonds is 10. The van der Waals surface area contributed by atoms with Gasteiger partial charge in [0.2, 0.25) is 0 Å². The van der Waals surface area contributed by atoms with Crippen molar-refractivity contribution < 1.29 is 22.4 Å². The van der Waals surface area contributed by atoms with Gasteiger partial charge in [-0.2, -0.15) is 5.10 Å². The Morgan fingerprint density at radius 3 is 2.65 bits per heavy atom. The molecular formula is C24H21N3O5S2. The number of nitrogens with zero attached hydrogens (tertiary/aromatic N) is 2. The molecular weight excluding hydrogens is 474 g/mol. The van der Waals surface area contributed by atoms with E-state index < -0.39 is 15.7 Å². The van der Waals surface area contributed by atoms with Crippen LogP contribution >= 0.6 is 11.3 Å². The molecule has 174 valence electrons. The van der Waals surface area contributed by atoms with Crippen LogP contribution in [0.4, 0.5) is 0 Å². The molecule has 0 saturated carbocycles. The van der Waals surface area contributed by atoms with Gasteiger partial charge in [0, 0.05) is 10.9 Å². The molecule has 0 spiro atoms. The number of hydrazone groups is 1. The summed E-state index contributed by atoms with van der Waals surface area (Å²) in [7, 11) is -3.47. The molecule has 2 aromatic carbocycles. The molecule has 0 aliphatic carbocycles. The third-order valence-corrected chi connectivity index (χ3v) is 7.07. The lowest BCUT2D eigenvalue weighted by Crippen LogP contribution is -2.18. The Balaban J connectivity index is 1.33.